The van der Waals surface area contributed by atoms with Gasteiger partial charge in [0.25, 0.3) is 0 Å². The number of aliphatic hydroxyl groups is 1. The Morgan fingerprint density at radius 2 is 1.95 bits per heavy atom. The molecule has 0 bridgehead atoms. The maximum Gasteiger partial charge on any atom is 0.126 e. The maximum absolute atomic E-state index is 13.7. The van der Waals surface area contributed by atoms with Gasteiger partial charge in [0.15, 0.2) is 0 Å². The van der Waals surface area contributed by atoms with Crippen LogP contribution in [0.25, 0.3) is 0 Å². The minimum Gasteiger partial charge on any atom is -0.399 e. The van der Waals surface area contributed by atoms with Gasteiger partial charge in [-0.2, -0.15) is 0 Å². The second-order valence-corrected chi connectivity index (χ2v) is 5.36. The van der Waals surface area contributed by atoms with Crippen LogP contribution in [0.2, 0.25) is 0 Å². The van der Waals surface area contributed by atoms with Crippen molar-refractivity contribution in [3.63, 3.8) is 0 Å². The molecule has 3 N–H and O–H groups in total. The van der Waals surface area contributed by atoms with Crippen molar-refractivity contribution in [3.05, 3.63) is 64.7 Å². The highest BCUT2D eigenvalue weighted by Crippen LogP contribution is 2.40. The van der Waals surface area contributed by atoms with Crippen LogP contribution < -0.4 is 5.73 Å². The lowest BCUT2D eigenvalue weighted by atomic mass is 9.88. The summed E-state index contributed by atoms with van der Waals surface area (Å²) in [4.78, 5) is 0. The zero-order valence-corrected chi connectivity index (χ0v) is 10.9. The summed E-state index contributed by atoms with van der Waals surface area (Å²) < 4.78 is 27.0. The fourth-order valence-electron chi connectivity index (χ4n) is 2.93. The average Bonchev–Trinajstić information content (AvgIpc) is 2.71. The van der Waals surface area contributed by atoms with E-state index in [9.17, 15) is 13.9 Å². The molecule has 2 aromatic rings. The third kappa shape index (κ3) is 2.16. The standard InChI is InChI=1S/C16H15F2NO/c17-12-1-4-15(18)11(7-12)9-16(20)6-5-10-8-13(19)2-3-14(10)16/h1-4,7-8,20H,5-6,9,19H2. The van der Waals surface area contributed by atoms with Gasteiger partial charge in [-0.3, -0.25) is 0 Å². The van der Waals surface area contributed by atoms with E-state index in [1.165, 1.54) is 0 Å². The lowest BCUT2D eigenvalue weighted by Gasteiger charge is -2.24. The van der Waals surface area contributed by atoms with Crippen LogP contribution in [0, 0.1) is 11.6 Å². The minimum atomic E-state index is -1.16. The van der Waals surface area contributed by atoms with Crippen molar-refractivity contribution in [2.75, 3.05) is 5.73 Å². The molecule has 0 fully saturated rings. The van der Waals surface area contributed by atoms with Crippen molar-refractivity contribution >= 4 is 5.69 Å². The van der Waals surface area contributed by atoms with Crippen molar-refractivity contribution in [1.82, 2.24) is 0 Å². The molecule has 2 aromatic carbocycles. The SMILES string of the molecule is Nc1ccc2c(c1)CCC2(O)Cc1cc(F)ccc1F. The van der Waals surface area contributed by atoms with E-state index in [4.69, 9.17) is 5.73 Å². The van der Waals surface area contributed by atoms with E-state index in [-0.39, 0.29) is 12.0 Å². The number of anilines is 1. The van der Waals surface area contributed by atoms with Crippen molar-refractivity contribution in [1.29, 1.82) is 0 Å². The first-order valence-electron chi connectivity index (χ1n) is 6.53. The Bertz CT molecular complexity index is 672. The molecule has 1 aliphatic rings. The van der Waals surface area contributed by atoms with Gasteiger partial charge >= 0.3 is 0 Å². The number of benzene rings is 2. The second-order valence-electron chi connectivity index (χ2n) is 5.36. The highest BCUT2D eigenvalue weighted by atomic mass is 19.1. The van der Waals surface area contributed by atoms with Gasteiger partial charge in [0, 0.05) is 12.1 Å². The number of fused-ring (bicyclic) bond motifs is 1. The summed E-state index contributed by atoms with van der Waals surface area (Å²) in [5.41, 5.74) is 7.14. The predicted octanol–water partition coefficient (Wildman–Crippen LogP) is 2.92. The van der Waals surface area contributed by atoms with Crippen molar-refractivity contribution in [2.24, 2.45) is 0 Å². The van der Waals surface area contributed by atoms with Gasteiger partial charge in [0.05, 0.1) is 5.60 Å². The minimum absolute atomic E-state index is 0.0630. The van der Waals surface area contributed by atoms with Crippen LogP contribution >= 0.6 is 0 Å². The maximum atomic E-state index is 13.7. The molecule has 104 valence electrons. The molecule has 0 saturated heterocycles. The van der Waals surface area contributed by atoms with E-state index >= 15 is 0 Å². The van der Waals surface area contributed by atoms with E-state index in [0.717, 1.165) is 29.3 Å². The summed E-state index contributed by atoms with van der Waals surface area (Å²) >= 11 is 0. The topological polar surface area (TPSA) is 46.2 Å². The third-order valence-electron chi connectivity index (χ3n) is 3.93. The molecule has 0 saturated carbocycles. The summed E-state index contributed by atoms with van der Waals surface area (Å²) in [6.45, 7) is 0. The molecule has 1 aliphatic carbocycles. The van der Waals surface area contributed by atoms with Gasteiger partial charge in [0.1, 0.15) is 11.6 Å². The molecule has 0 aromatic heterocycles. The number of rotatable bonds is 2. The summed E-state index contributed by atoms with van der Waals surface area (Å²) in [5.74, 6) is -0.996. The molecule has 4 heteroatoms. The van der Waals surface area contributed by atoms with Crippen molar-refractivity contribution in [3.8, 4) is 0 Å². The first kappa shape index (κ1) is 13.1. The Morgan fingerprint density at radius 1 is 1.15 bits per heavy atom. The van der Waals surface area contributed by atoms with Crippen LogP contribution in [-0.4, -0.2) is 5.11 Å². The molecule has 0 amide bonds. The molecule has 0 radical (unpaired) electrons. The molecule has 0 aliphatic heterocycles. The van der Waals surface area contributed by atoms with E-state index in [0.29, 0.717) is 18.5 Å². The van der Waals surface area contributed by atoms with Gasteiger partial charge in [-0.25, -0.2) is 8.78 Å². The number of nitrogen functional groups attached to an aromatic ring is 1. The molecule has 0 heterocycles. The lowest BCUT2D eigenvalue weighted by molar-refractivity contribution is 0.0380. The number of hydrogen-bond acceptors (Lipinski definition) is 2. The monoisotopic (exact) mass is 275 g/mol. The first-order chi connectivity index (χ1) is 9.48. The molecular weight excluding hydrogens is 260 g/mol. The number of halogens is 2. The third-order valence-corrected chi connectivity index (χ3v) is 3.93. The molecule has 1 atom stereocenters. The molecule has 20 heavy (non-hydrogen) atoms. The zero-order valence-electron chi connectivity index (χ0n) is 10.9. The second kappa shape index (κ2) is 4.56. The smallest absolute Gasteiger partial charge is 0.126 e. The van der Waals surface area contributed by atoms with E-state index in [1.807, 2.05) is 6.07 Å². The molecule has 2 nitrogen and oxygen atoms in total. The Balaban J connectivity index is 1.98. The van der Waals surface area contributed by atoms with Crippen LogP contribution in [0.15, 0.2) is 36.4 Å². The number of aryl methyl sites for hydroxylation is 1. The summed E-state index contributed by atoms with van der Waals surface area (Å²) in [6, 6.07) is 8.63. The Hall–Kier alpha value is -1.94. The van der Waals surface area contributed by atoms with Gasteiger partial charge in [-0.15, -0.1) is 0 Å². The van der Waals surface area contributed by atoms with Crippen LogP contribution in [0.3, 0.4) is 0 Å². The highest BCUT2D eigenvalue weighted by molar-refractivity contribution is 5.49. The normalized spacial score (nSPS) is 20.9. The van der Waals surface area contributed by atoms with Gasteiger partial charge in [-0.05, 0) is 59.9 Å². The fourth-order valence-corrected chi connectivity index (χ4v) is 2.93. The Labute approximate surface area is 115 Å². The van der Waals surface area contributed by atoms with Gasteiger partial charge in [0.2, 0.25) is 0 Å². The predicted molar refractivity (Wildman–Crippen MR) is 73.1 cm³/mol. The quantitative estimate of drug-likeness (QED) is 0.828. The van der Waals surface area contributed by atoms with Crippen LogP contribution in [-0.2, 0) is 18.4 Å². The lowest BCUT2D eigenvalue weighted by Crippen LogP contribution is -2.26. The number of hydrogen-bond donors (Lipinski definition) is 2. The number of nitrogens with two attached hydrogens (primary N) is 1. The summed E-state index contributed by atoms with van der Waals surface area (Å²) in [7, 11) is 0. The van der Waals surface area contributed by atoms with Gasteiger partial charge < -0.3 is 10.8 Å². The Kier molecular flexibility index (Phi) is 2.98. The molecule has 3 rings (SSSR count). The van der Waals surface area contributed by atoms with Crippen LogP contribution in [0.1, 0.15) is 23.1 Å². The average molecular weight is 275 g/mol. The Morgan fingerprint density at radius 3 is 2.75 bits per heavy atom. The fraction of sp³-hybridized carbons (Fsp3) is 0.250. The molecular formula is C16H15F2NO. The van der Waals surface area contributed by atoms with E-state index < -0.39 is 17.2 Å². The van der Waals surface area contributed by atoms with Gasteiger partial charge in [-0.1, -0.05) is 6.07 Å². The zero-order chi connectivity index (χ0) is 14.3. The van der Waals surface area contributed by atoms with Crippen LogP contribution in [0.5, 0.6) is 0 Å². The van der Waals surface area contributed by atoms with Crippen LogP contribution in [0.4, 0.5) is 14.5 Å². The summed E-state index contributed by atoms with van der Waals surface area (Å²) in [5, 5.41) is 10.8. The molecule has 0 spiro atoms. The summed E-state index contributed by atoms with van der Waals surface area (Å²) in [6.07, 6.45) is 1.24. The van der Waals surface area contributed by atoms with Crippen molar-refractivity contribution in [2.45, 2.75) is 24.9 Å². The largest absolute Gasteiger partial charge is 0.399 e. The highest BCUT2D eigenvalue weighted by Gasteiger charge is 2.37. The van der Waals surface area contributed by atoms with E-state index in [2.05, 4.69) is 0 Å². The first-order valence-corrected chi connectivity index (χ1v) is 6.53. The van der Waals surface area contributed by atoms with Crippen molar-refractivity contribution < 1.29 is 13.9 Å². The molecule has 1 unspecified atom stereocenters. The van der Waals surface area contributed by atoms with E-state index in [1.54, 1.807) is 12.1 Å².